The first kappa shape index (κ1) is 18.7. The Hall–Kier alpha value is -3.69. The standard InChI is InChI=1S/C19H18FN5O4/c1-12(26)22-7-15-9-25(19(27)29-15)14-2-3-16(17(20)6-14)18-23-13(10-28-18)8-24-5-4-21-11-24/h2-6,10-11,15H,7-9H2,1H3,(H,22,26)/t15-/m0/s1. The molecule has 29 heavy (non-hydrogen) atoms. The van der Waals surface area contributed by atoms with E-state index in [0.717, 1.165) is 0 Å². The summed E-state index contributed by atoms with van der Waals surface area (Å²) in [5, 5.41) is 2.60. The molecular weight excluding hydrogens is 381 g/mol. The molecule has 2 aromatic heterocycles. The van der Waals surface area contributed by atoms with E-state index in [9.17, 15) is 14.0 Å². The average Bonchev–Trinajstić information content (AvgIpc) is 3.42. The molecule has 0 aliphatic carbocycles. The van der Waals surface area contributed by atoms with Crippen LogP contribution < -0.4 is 10.2 Å². The summed E-state index contributed by atoms with van der Waals surface area (Å²) in [4.78, 5) is 32.7. The molecule has 150 valence electrons. The molecule has 3 heterocycles. The number of aromatic nitrogens is 3. The van der Waals surface area contributed by atoms with Gasteiger partial charge in [-0.1, -0.05) is 0 Å². The van der Waals surface area contributed by atoms with Gasteiger partial charge >= 0.3 is 6.09 Å². The molecule has 0 radical (unpaired) electrons. The van der Waals surface area contributed by atoms with E-state index in [-0.39, 0.29) is 30.5 Å². The summed E-state index contributed by atoms with van der Waals surface area (Å²) in [5.74, 6) is -0.637. The molecule has 2 amide bonds. The molecule has 3 aromatic rings. The maximum absolute atomic E-state index is 14.7. The molecule has 1 N–H and O–H groups in total. The first-order valence-electron chi connectivity index (χ1n) is 8.92. The average molecular weight is 399 g/mol. The van der Waals surface area contributed by atoms with E-state index in [1.807, 2.05) is 4.57 Å². The first-order chi connectivity index (χ1) is 14.0. The molecule has 0 bridgehead atoms. The summed E-state index contributed by atoms with van der Waals surface area (Å²) >= 11 is 0. The number of nitrogens with zero attached hydrogens (tertiary/aromatic N) is 4. The van der Waals surface area contributed by atoms with Crippen LogP contribution in [0.25, 0.3) is 11.5 Å². The zero-order valence-corrected chi connectivity index (χ0v) is 15.5. The number of nitrogens with one attached hydrogen (secondary N) is 1. The maximum atomic E-state index is 14.7. The smallest absolute Gasteiger partial charge is 0.414 e. The van der Waals surface area contributed by atoms with Gasteiger partial charge in [-0.25, -0.2) is 19.2 Å². The highest BCUT2D eigenvalue weighted by molar-refractivity contribution is 5.90. The third kappa shape index (κ3) is 4.10. The van der Waals surface area contributed by atoms with Crippen molar-refractivity contribution in [1.29, 1.82) is 0 Å². The molecule has 0 spiro atoms. The van der Waals surface area contributed by atoms with Gasteiger partial charge in [-0.2, -0.15) is 0 Å². The number of cyclic esters (lactones) is 1. The van der Waals surface area contributed by atoms with Gasteiger partial charge in [0.2, 0.25) is 11.8 Å². The Kier molecular flexibility index (Phi) is 4.98. The number of imidazole rings is 1. The zero-order chi connectivity index (χ0) is 20.4. The third-order valence-electron chi connectivity index (χ3n) is 4.40. The summed E-state index contributed by atoms with van der Waals surface area (Å²) in [6.45, 7) is 2.25. The third-order valence-corrected chi connectivity index (χ3v) is 4.40. The van der Waals surface area contributed by atoms with Gasteiger partial charge in [-0.15, -0.1) is 0 Å². The van der Waals surface area contributed by atoms with E-state index in [1.165, 1.54) is 30.2 Å². The normalized spacial score (nSPS) is 16.1. The van der Waals surface area contributed by atoms with Crippen LogP contribution in [0.2, 0.25) is 0 Å². The molecule has 4 rings (SSSR count). The molecule has 1 aromatic carbocycles. The van der Waals surface area contributed by atoms with Gasteiger partial charge in [-0.05, 0) is 18.2 Å². The summed E-state index contributed by atoms with van der Waals surface area (Å²) in [6.07, 6.45) is 5.48. The van der Waals surface area contributed by atoms with Crippen LogP contribution in [-0.2, 0) is 16.1 Å². The van der Waals surface area contributed by atoms with Crippen molar-refractivity contribution in [3.63, 3.8) is 0 Å². The van der Waals surface area contributed by atoms with Crippen molar-refractivity contribution >= 4 is 17.7 Å². The maximum Gasteiger partial charge on any atom is 0.414 e. The van der Waals surface area contributed by atoms with E-state index in [0.29, 0.717) is 17.9 Å². The van der Waals surface area contributed by atoms with Crippen LogP contribution in [0, 0.1) is 5.82 Å². The Morgan fingerprint density at radius 3 is 3.00 bits per heavy atom. The Labute approximate surface area is 165 Å². The van der Waals surface area contributed by atoms with Crippen molar-refractivity contribution in [3.05, 3.63) is 54.7 Å². The summed E-state index contributed by atoms with van der Waals surface area (Å²) in [7, 11) is 0. The highest BCUT2D eigenvalue weighted by Gasteiger charge is 2.32. The first-order valence-corrected chi connectivity index (χ1v) is 8.92. The van der Waals surface area contributed by atoms with Gasteiger partial charge in [0, 0.05) is 19.3 Å². The van der Waals surface area contributed by atoms with Gasteiger partial charge < -0.3 is 19.0 Å². The Morgan fingerprint density at radius 1 is 1.41 bits per heavy atom. The van der Waals surface area contributed by atoms with E-state index < -0.39 is 18.0 Å². The lowest BCUT2D eigenvalue weighted by Crippen LogP contribution is -2.33. The van der Waals surface area contributed by atoms with Crippen LogP contribution in [0.5, 0.6) is 0 Å². The largest absolute Gasteiger partial charge is 0.444 e. The molecule has 1 aliphatic heterocycles. The molecule has 1 atom stereocenters. The Balaban J connectivity index is 1.48. The van der Waals surface area contributed by atoms with Crippen molar-refractivity contribution in [1.82, 2.24) is 19.9 Å². The lowest BCUT2D eigenvalue weighted by molar-refractivity contribution is -0.119. The topological polar surface area (TPSA) is 102 Å². The van der Waals surface area contributed by atoms with Crippen LogP contribution in [0.3, 0.4) is 0 Å². The molecule has 0 unspecified atom stereocenters. The minimum Gasteiger partial charge on any atom is -0.444 e. The fourth-order valence-corrected chi connectivity index (χ4v) is 3.01. The number of oxazole rings is 1. The number of ether oxygens (including phenoxy) is 1. The van der Waals surface area contributed by atoms with Crippen LogP contribution in [0.4, 0.5) is 14.9 Å². The molecule has 0 saturated carbocycles. The summed E-state index contributed by atoms with van der Waals surface area (Å²) < 4.78 is 27.1. The number of rotatable bonds is 6. The lowest BCUT2D eigenvalue weighted by Gasteiger charge is -2.13. The number of carbonyl (C=O) groups is 2. The molecule has 1 fully saturated rings. The quantitative estimate of drug-likeness (QED) is 0.682. The monoisotopic (exact) mass is 399 g/mol. The van der Waals surface area contributed by atoms with E-state index >= 15 is 0 Å². The minimum atomic E-state index is -0.591. The fourth-order valence-electron chi connectivity index (χ4n) is 3.01. The Morgan fingerprint density at radius 2 is 2.28 bits per heavy atom. The van der Waals surface area contributed by atoms with Crippen molar-refractivity contribution < 1.29 is 23.1 Å². The molecule has 9 nitrogen and oxygen atoms in total. The number of hydrogen-bond donors (Lipinski definition) is 1. The second kappa shape index (κ2) is 7.74. The second-order valence-corrected chi connectivity index (χ2v) is 6.60. The number of anilines is 1. The highest BCUT2D eigenvalue weighted by atomic mass is 19.1. The summed E-state index contributed by atoms with van der Waals surface area (Å²) in [6, 6.07) is 4.34. The molecule has 10 heteroatoms. The van der Waals surface area contributed by atoms with Gasteiger partial charge in [0.25, 0.3) is 0 Å². The number of hydrogen-bond acceptors (Lipinski definition) is 6. The SMILES string of the molecule is CC(=O)NC[C@H]1CN(c2ccc(-c3nc(Cn4ccnc4)co3)c(F)c2)C(=O)O1. The number of benzene rings is 1. The van der Waals surface area contributed by atoms with Crippen LogP contribution >= 0.6 is 0 Å². The lowest BCUT2D eigenvalue weighted by atomic mass is 10.1. The van der Waals surface area contributed by atoms with E-state index in [4.69, 9.17) is 9.15 Å². The molecule has 1 saturated heterocycles. The number of halogens is 1. The van der Waals surface area contributed by atoms with Crippen molar-refractivity contribution in [2.75, 3.05) is 18.0 Å². The van der Waals surface area contributed by atoms with E-state index in [1.54, 1.807) is 24.8 Å². The Bertz CT molecular complexity index is 1030. The zero-order valence-electron chi connectivity index (χ0n) is 15.5. The van der Waals surface area contributed by atoms with Crippen LogP contribution in [-0.4, -0.2) is 45.7 Å². The van der Waals surface area contributed by atoms with Gasteiger partial charge in [0.1, 0.15) is 18.2 Å². The van der Waals surface area contributed by atoms with Crippen LogP contribution in [0.15, 0.2) is 47.6 Å². The summed E-state index contributed by atoms with van der Waals surface area (Å²) in [5.41, 5.74) is 1.17. The van der Waals surface area contributed by atoms with Crippen molar-refractivity contribution in [3.8, 4) is 11.5 Å². The highest BCUT2D eigenvalue weighted by Crippen LogP contribution is 2.28. The van der Waals surface area contributed by atoms with Gasteiger partial charge in [0.05, 0.1) is 42.9 Å². The van der Waals surface area contributed by atoms with Crippen molar-refractivity contribution in [2.45, 2.75) is 19.6 Å². The predicted molar refractivity (Wildman–Crippen MR) is 99.5 cm³/mol. The molecular formula is C19H18FN5O4. The second-order valence-electron chi connectivity index (χ2n) is 6.60. The fraction of sp³-hybridized carbons (Fsp3) is 0.263. The molecule has 1 aliphatic rings. The van der Waals surface area contributed by atoms with Crippen molar-refractivity contribution in [2.24, 2.45) is 0 Å². The predicted octanol–water partition coefficient (Wildman–Crippen LogP) is 2.19. The minimum absolute atomic E-state index is 0.150. The van der Waals surface area contributed by atoms with Crippen LogP contribution in [0.1, 0.15) is 12.6 Å². The van der Waals surface area contributed by atoms with Gasteiger partial charge in [-0.3, -0.25) is 9.69 Å². The van der Waals surface area contributed by atoms with E-state index in [2.05, 4.69) is 15.3 Å². The number of amides is 2. The number of carbonyl (C=O) groups excluding carboxylic acids is 2. The van der Waals surface area contributed by atoms with Gasteiger partial charge in [0.15, 0.2) is 0 Å².